The topological polar surface area (TPSA) is 72.8 Å². The van der Waals surface area contributed by atoms with E-state index < -0.39 is 12.1 Å². The Balaban J connectivity index is 0. The van der Waals surface area contributed by atoms with Gasteiger partial charge < -0.3 is 14.6 Å². The van der Waals surface area contributed by atoms with Gasteiger partial charge in [0.1, 0.15) is 6.10 Å². The number of unbranched alkanes of at least 4 members (excludes halogenated alkanes) is 23. The highest BCUT2D eigenvalue weighted by Crippen LogP contribution is 2.14. The molecule has 0 saturated heterocycles. The van der Waals surface area contributed by atoms with Gasteiger partial charge in [-0.05, 0) is 33.6 Å². The number of aliphatic hydroxyl groups is 1. The average molecular weight is 585 g/mol. The summed E-state index contributed by atoms with van der Waals surface area (Å²) in [6, 6.07) is 0. The van der Waals surface area contributed by atoms with Crippen LogP contribution in [-0.2, 0) is 19.1 Å². The van der Waals surface area contributed by atoms with E-state index in [4.69, 9.17) is 14.6 Å². The largest absolute Gasteiger partial charge is 0.464 e. The predicted octanol–water partition coefficient (Wildman–Crippen LogP) is 11.0. The van der Waals surface area contributed by atoms with Crippen LogP contribution in [0.3, 0.4) is 0 Å². The number of ether oxygens (including phenoxy) is 2. The summed E-state index contributed by atoms with van der Waals surface area (Å²) in [6.07, 6.45) is 32.5. The quantitative estimate of drug-likeness (QED) is 0.0699. The molecule has 0 aromatic heterocycles. The van der Waals surface area contributed by atoms with E-state index in [2.05, 4.69) is 13.8 Å². The molecule has 0 aromatic rings. The molecule has 0 aliphatic carbocycles. The SMILES string of the molecule is CCCCCCCCCCCCCC(=O)OC(C)C.CCCCCCCCCCCCCCCCOC(=O)C(C)O. The van der Waals surface area contributed by atoms with Crippen LogP contribution in [0.1, 0.15) is 202 Å². The second-order valence-corrected chi connectivity index (χ2v) is 12.3. The van der Waals surface area contributed by atoms with E-state index in [1.807, 2.05) is 13.8 Å². The maximum atomic E-state index is 11.3. The lowest BCUT2D eigenvalue weighted by Gasteiger charge is -2.07. The molecule has 0 aromatic carbocycles. The fraction of sp³-hybridized carbons (Fsp3) is 0.944. The fourth-order valence-electron chi connectivity index (χ4n) is 4.85. The molecule has 1 unspecified atom stereocenters. The normalized spacial score (nSPS) is 11.7. The van der Waals surface area contributed by atoms with Gasteiger partial charge in [-0.1, -0.05) is 162 Å². The van der Waals surface area contributed by atoms with Crippen molar-refractivity contribution >= 4 is 11.9 Å². The Morgan fingerprint density at radius 3 is 1.15 bits per heavy atom. The molecule has 0 bridgehead atoms. The molecule has 41 heavy (non-hydrogen) atoms. The number of carbonyl (C=O) groups is 2. The van der Waals surface area contributed by atoms with E-state index >= 15 is 0 Å². The highest BCUT2D eigenvalue weighted by molar-refractivity contribution is 5.73. The molecule has 0 amide bonds. The van der Waals surface area contributed by atoms with Gasteiger partial charge in [-0.2, -0.15) is 0 Å². The minimum atomic E-state index is -0.994. The molecule has 0 saturated carbocycles. The van der Waals surface area contributed by atoms with E-state index in [-0.39, 0.29) is 12.1 Å². The van der Waals surface area contributed by atoms with Crippen LogP contribution < -0.4 is 0 Å². The molecule has 0 spiro atoms. The first kappa shape index (κ1) is 42.0. The molecule has 1 atom stereocenters. The molecule has 246 valence electrons. The summed E-state index contributed by atoms with van der Waals surface area (Å²) in [6.45, 7) is 10.2. The predicted molar refractivity (Wildman–Crippen MR) is 175 cm³/mol. The van der Waals surface area contributed by atoms with Crippen molar-refractivity contribution in [1.82, 2.24) is 0 Å². The molecule has 1 N–H and O–H groups in total. The summed E-state index contributed by atoms with van der Waals surface area (Å²) in [5, 5.41) is 8.96. The summed E-state index contributed by atoms with van der Waals surface area (Å²) in [5.41, 5.74) is 0. The number of esters is 2. The summed E-state index contributed by atoms with van der Waals surface area (Å²) in [7, 11) is 0. The molecule has 5 nitrogen and oxygen atoms in total. The van der Waals surface area contributed by atoms with Crippen LogP contribution in [0.25, 0.3) is 0 Å². The number of hydrogen-bond acceptors (Lipinski definition) is 5. The number of aliphatic hydroxyl groups excluding tert-OH is 1. The molecule has 0 heterocycles. The number of rotatable bonds is 29. The lowest BCUT2D eigenvalue weighted by Crippen LogP contribution is -2.19. The first-order valence-corrected chi connectivity index (χ1v) is 17.9. The Labute approximate surface area is 256 Å². The van der Waals surface area contributed by atoms with Crippen LogP contribution >= 0.6 is 0 Å². The van der Waals surface area contributed by atoms with Crippen LogP contribution in [0.5, 0.6) is 0 Å². The number of hydrogen-bond donors (Lipinski definition) is 1. The van der Waals surface area contributed by atoms with Crippen molar-refractivity contribution in [3.63, 3.8) is 0 Å². The van der Waals surface area contributed by atoms with Crippen molar-refractivity contribution in [2.24, 2.45) is 0 Å². The lowest BCUT2D eigenvalue weighted by atomic mass is 10.0. The molecule has 0 rings (SSSR count). The second kappa shape index (κ2) is 35.1. The highest BCUT2D eigenvalue weighted by Gasteiger charge is 2.09. The maximum absolute atomic E-state index is 11.3. The van der Waals surface area contributed by atoms with E-state index in [1.165, 1.54) is 148 Å². The van der Waals surface area contributed by atoms with Crippen LogP contribution in [0.15, 0.2) is 0 Å². The Morgan fingerprint density at radius 2 is 0.829 bits per heavy atom. The summed E-state index contributed by atoms with van der Waals surface area (Å²) < 4.78 is 10.0. The molecular formula is C36H72O5. The van der Waals surface area contributed by atoms with Gasteiger partial charge in [-0.15, -0.1) is 0 Å². The average Bonchev–Trinajstić information content (AvgIpc) is 2.93. The van der Waals surface area contributed by atoms with Crippen LogP contribution in [0.4, 0.5) is 0 Å². The Bertz CT molecular complexity index is 532. The minimum absolute atomic E-state index is 0.0280. The van der Waals surface area contributed by atoms with Crippen LogP contribution in [-0.4, -0.2) is 35.9 Å². The zero-order chi connectivity index (χ0) is 30.8. The molecule has 0 radical (unpaired) electrons. The zero-order valence-corrected chi connectivity index (χ0v) is 28.3. The van der Waals surface area contributed by atoms with E-state index in [0.29, 0.717) is 13.0 Å². The second-order valence-electron chi connectivity index (χ2n) is 12.3. The summed E-state index contributed by atoms with van der Waals surface area (Å²) >= 11 is 0. The first-order chi connectivity index (χ1) is 19.8. The molecule has 5 heteroatoms. The fourth-order valence-corrected chi connectivity index (χ4v) is 4.85. The van der Waals surface area contributed by atoms with Gasteiger partial charge in [0.25, 0.3) is 0 Å². The van der Waals surface area contributed by atoms with Gasteiger partial charge in [0.05, 0.1) is 12.7 Å². The molecule has 0 fully saturated rings. The van der Waals surface area contributed by atoms with Gasteiger partial charge in [0.2, 0.25) is 0 Å². The van der Waals surface area contributed by atoms with Gasteiger partial charge in [0, 0.05) is 6.42 Å². The highest BCUT2D eigenvalue weighted by atomic mass is 16.5. The Morgan fingerprint density at radius 1 is 0.512 bits per heavy atom. The van der Waals surface area contributed by atoms with Crippen molar-refractivity contribution in [3.8, 4) is 0 Å². The molecule has 0 aliphatic heterocycles. The molecule has 0 aliphatic rings. The third kappa shape index (κ3) is 38.9. The van der Waals surface area contributed by atoms with Crippen molar-refractivity contribution in [1.29, 1.82) is 0 Å². The minimum Gasteiger partial charge on any atom is -0.464 e. The Hall–Kier alpha value is -1.10. The van der Waals surface area contributed by atoms with E-state index in [0.717, 1.165) is 19.3 Å². The van der Waals surface area contributed by atoms with Crippen molar-refractivity contribution < 1.29 is 24.2 Å². The standard InChI is InChI=1S/C19H38O3.C17H34O2/c1-3-4-5-6-7-8-9-10-11-12-13-14-15-16-17-22-19(21)18(2)20;1-4-5-6-7-8-9-10-11-12-13-14-15-17(18)19-16(2)3/h18,20H,3-17H2,1-2H3;16H,4-15H2,1-3H3. The maximum Gasteiger partial charge on any atom is 0.334 e. The van der Waals surface area contributed by atoms with Crippen LogP contribution in [0, 0.1) is 0 Å². The summed E-state index contributed by atoms with van der Waals surface area (Å²) in [4.78, 5) is 22.3. The van der Waals surface area contributed by atoms with E-state index in [1.54, 1.807) is 0 Å². The number of carbonyl (C=O) groups excluding carboxylic acids is 2. The van der Waals surface area contributed by atoms with E-state index in [9.17, 15) is 9.59 Å². The van der Waals surface area contributed by atoms with Gasteiger partial charge >= 0.3 is 11.9 Å². The first-order valence-electron chi connectivity index (χ1n) is 17.9. The Kier molecular flexibility index (Phi) is 36.0. The van der Waals surface area contributed by atoms with Crippen molar-refractivity contribution in [3.05, 3.63) is 0 Å². The van der Waals surface area contributed by atoms with Gasteiger partial charge in [-0.3, -0.25) is 4.79 Å². The van der Waals surface area contributed by atoms with Crippen molar-refractivity contribution in [2.45, 2.75) is 214 Å². The summed E-state index contributed by atoms with van der Waals surface area (Å²) in [5.74, 6) is -0.541. The smallest absolute Gasteiger partial charge is 0.334 e. The van der Waals surface area contributed by atoms with Gasteiger partial charge in [0.15, 0.2) is 0 Å². The van der Waals surface area contributed by atoms with Crippen molar-refractivity contribution in [2.75, 3.05) is 6.61 Å². The third-order valence-corrected chi connectivity index (χ3v) is 7.43. The van der Waals surface area contributed by atoms with Gasteiger partial charge in [-0.25, -0.2) is 4.79 Å². The monoisotopic (exact) mass is 585 g/mol. The zero-order valence-electron chi connectivity index (χ0n) is 28.3. The third-order valence-electron chi connectivity index (χ3n) is 7.43. The lowest BCUT2D eigenvalue weighted by molar-refractivity contribution is -0.152. The molecular weight excluding hydrogens is 512 g/mol. The van der Waals surface area contributed by atoms with Crippen LogP contribution in [0.2, 0.25) is 0 Å².